The third kappa shape index (κ3) is 4.76. The van der Waals surface area contributed by atoms with E-state index in [0.29, 0.717) is 6.54 Å². The minimum Gasteiger partial charge on any atom is -0.346 e. The Morgan fingerprint density at radius 2 is 1.78 bits per heavy atom. The molecule has 144 valence electrons. The molecule has 5 nitrogen and oxygen atoms in total. The quantitative estimate of drug-likeness (QED) is 0.774. The number of carbonyl (C=O) groups excluding carboxylic acids is 2. The second-order valence-corrected chi connectivity index (χ2v) is 8.03. The van der Waals surface area contributed by atoms with Crippen LogP contribution in [0.2, 0.25) is 0 Å². The number of nitrogens with zero attached hydrogens (tertiary/aromatic N) is 1. The molecule has 2 aromatic rings. The van der Waals surface area contributed by atoms with Crippen LogP contribution in [0.1, 0.15) is 41.1 Å². The van der Waals surface area contributed by atoms with Crippen molar-refractivity contribution in [1.29, 1.82) is 0 Å². The SMILES string of the molecule is Cc1cc(C)c(NC(=O)C(=O)NCC(c2ccsc2)N2CCCC2)c(C)c1. The van der Waals surface area contributed by atoms with E-state index in [4.69, 9.17) is 0 Å². The molecule has 0 bridgehead atoms. The monoisotopic (exact) mass is 385 g/mol. The molecule has 1 saturated heterocycles. The Morgan fingerprint density at radius 3 is 2.37 bits per heavy atom. The molecule has 1 aliphatic heterocycles. The van der Waals surface area contributed by atoms with Gasteiger partial charge in [0.25, 0.3) is 0 Å². The van der Waals surface area contributed by atoms with Crippen molar-refractivity contribution in [1.82, 2.24) is 10.2 Å². The Hall–Kier alpha value is -2.18. The smallest absolute Gasteiger partial charge is 0.313 e. The first-order valence-electron chi connectivity index (χ1n) is 9.39. The molecule has 1 unspecified atom stereocenters. The minimum absolute atomic E-state index is 0.123. The number of benzene rings is 1. The summed E-state index contributed by atoms with van der Waals surface area (Å²) in [6, 6.07) is 6.22. The Bertz CT molecular complexity index is 788. The highest BCUT2D eigenvalue weighted by atomic mass is 32.1. The molecule has 1 atom stereocenters. The largest absolute Gasteiger partial charge is 0.346 e. The van der Waals surface area contributed by atoms with Gasteiger partial charge in [-0.15, -0.1) is 0 Å². The van der Waals surface area contributed by atoms with E-state index in [9.17, 15) is 9.59 Å². The van der Waals surface area contributed by atoms with Gasteiger partial charge in [-0.05, 0) is 80.2 Å². The van der Waals surface area contributed by atoms with Crippen molar-refractivity contribution in [3.63, 3.8) is 0 Å². The number of likely N-dealkylation sites (tertiary alicyclic amines) is 1. The fourth-order valence-corrected chi connectivity index (χ4v) is 4.50. The van der Waals surface area contributed by atoms with E-state index < -0.39 is 11.8 Å². The van der Waals surface area contributed by atoms with E-state index in [2.05, 4.69) is 32.4 Å². The van der Waals surface area contributed by atoms with Crippen LogP contribution in [-0.2, 0) is 9.59 Å². The molecule has 1 aromatic heterocycles. The number of thiophene rings is 1. The molecule has 27 heavy (non-hydrogen) atoms. The lowest BCUT2D eigenvalue weighted by Crippen LogP contribution is -2.41. The molecular formula is C21H27N3O2S. The number of nitrogens with one attached hydrogen (secondary N) is 2. The number of carbonyl (C=O) groups is 2. The number of aryl methyl sites for hydroxylation is 3. The number of hydrogen-bond donors (Lipinski definition) is 2. The van der Waals surface area contributed by atoms with Crippen LogP contribution in [0.15, 0.2) is 29.0 Å². The zero-order chi connectivity index (χ0) is 19.4. The maximum absolute atomic E-state index is 12.4. The molecule has 0 spiro atoms. The molecular weight excluding hydrogens is 358 g/mol. The number of anilines is 1. The lowest BCUT2D eigenvalue weighted by molar-refractivity contribution is -0.136. The Kier molecular flexibility index (Phi) is 6.29. The van der Waals surface area contributed by atoms with Crippen molar-refractivity contribution in [3.8, 4) is 0 Å². The minimum atomic E-state index is -0.615. The van der Waals surface area contributed by atoms with E-state index in [1.807, 2.05) is 32.9 Å². The van der Waals surface area contributed by atoms with Crippen LogP contribution in [0.5, 0.6) is 0 Å². The Morgan fingerprint density at radius 1 is 1.11 bits per heavy atom. The van der Waals surface area contributed by atoms with Crippen LogP contribution in [0, 0.1) is 20.8 Å². The molecule has 0 aliphatic carbocycles. The van der Waals surface area contributed by atoms with Crippen LogP contribution >= 0.6 is 11.3 Å². The van der Waals surface area contributed by atoms with Gasteiger partial charge in [-0.25, -0.2) is 0 Å². The summed E-state index contributed by atoms with van der Waals surface area (Å²) in [5.41, 5.74) is 4.97. The third-order valence-electron chi connectivity index (χ3n) is 5.09. The fourth-order valence-electron chi connectivity index (χ4n) is 3.79. The van der Waals surface area contributed by atoms with Gasteiger partial charge >= 0.3 is 11.8 Å². The first-order chi connectivity index (χ1) is 13.0. The Labute approximate surface area is 164 Å². The van der Waals surface area contributed by atoms with E-state index in [0.717, 1.165) is 35.5 Å². The maximum Gasteiger partial charge on any atom is 0.313 e. The van der Waals surface area contributed by atoms with Crippen molar-refractivity contribution < 1.29 is 9.59 Å². The normalized spacial score (nSPS) is 15.5. The van der Waals surface area contributed by atoms with Crippen molar-refractivity contribution in [2.45, 2.75) is 39.7 Å². The summed E-state index contributed by atoms with van der Waals surface area (Å²) in [6.45, 7) is 8.39. The van der Waals surface area contributed by atoms with Gasteiger partial charge in [-0.3, -0.25) is 14.5 Å². The summed E-state index contributed by atoms with van der Waals surface area (Å²) < 4.78 is 0. The van der Waals surface area contributed by atoms with Gasteiger partial charge < -0.3 is 10.6 Å². The molecule has 1 fully saturated rings. The molecule has 6 heteroatoms. The maximum atomic E-state index is 12.4. The molecule has 1 aromatic carbocycles. The summed E-state index contributed by atoms with van der Waals surface area (Å²) >= 11 is 1.65. The number of hydrogen-bond acceptors (Lipinski definition) is 4. The molecule has 0 saturated carbocycles. The van der Waals surface area contributed by atoms with Gasteiger partial charge in [0.15, 0.2) is 0 Å². The van der Waals surface area contributed by atoms with Gasteiger partial charge in [0.05, 0.1) is 6.04 Å². The molecule has 2 amide bonds. The second-order valence-electron chi connectivity index (χ2n) is 7.25. The second kappa shape index (κ2) is 8.67. The van der Waals surface area contributed by atoms with Crippen LogP contribution < -0.4 is 10.6 Å². The van der Waals surface area contributed by atoms with Crippen LogP contribution in [-0.4, -0.2) is 36.3 Å². The van der Waals surface area contributed by atoms with Gasteiger partial charge in [0, 0.05) is 12.2 Å². The van der Waals surface area contributed by atoms with Crippen molar-refractivity contribution in [3.05, 3.63) is 51.2 Å². The molecule has 2 N–H and O–H groups in total. The van der Waals surface area contributed by atoms with Crippen molar-refractivity contribution in [2.24, 2.45) is 0 Å². The summed E-state index contributed by atoms with van der Waals surface area (Å²) in [5.74, 6) is -1.20. The predicted molar refractivity (Wildman–Crippen MR) is 110 cm³/mol. The van der Waals surface area contributed by atoms with Crippen LogP contribution in [0.3, 0.4) is 0 Å². The zero-order valence-corrected chi connectivity index (χ0v) is 17.0. The van der Waals surface area contributed by atoms with E-state index in [-0.39, 0.29) is 6.04 Å². The first-order valence-corrected chi connectivity index (χ1v) is 10.3. The summed E-state index contributed by atoms with van der Waals surface area (Å²) in [5, 5.41) is 9.77. The van der Waals surface area contributed by atoms with Gasteiger partial charge in [-0.2, -0.15) is 11.3 Å². The summed E-state index contributed by atoms with van der Waals surface area (Å²) in [6.07, 6.45) is 2.36. The first kappa shape index (κ1) is 19.6. The van der Waals surface area contributed by atoms with Crippen molar-refractivity contribution >= 4 is 28.8 Å². The molecule has 0 radical (unpaired) electrons. The highest BCUT2D eigenvalue weighted by molar-refractivity contribution is 7.08. The average Bonchev–Trinajstić information content (AvgIpc) is 3.32. The van der Waals surface area contributed by atoms with Crippen LogP contribution in [0.25, 0.3) is 0 Å². The predicted octanol–water partition coefficient (Wildman–Crippen LogP) is 3.57. The highest BCUT2D eigenvalue weighted by Crippen LogP contribution is 2.26. The van der Waals surface area contributed by atoms with E-state index in [1.165, 1.54) is 18.4 Å². The zero-order valence-electron chi connectivity index (χ0n) is 16.2. The summed E-state index contributed by atoms with van der Waals surface area (Å²) in [4.78, 5) is 27.2. The Balaban J connectivity index is 1.63. The van der Waals surface area contributed by atoms with E-state index >= 15 is 0 Å². The lowest BCUT2D eigenvalue weighted by atomic mass is 10.1. The standard InChI is InChI=1S/C21H27N3O2S/c1-14-10-15(2)19(16(3)11-14)23-21(26)20(25)22-12-18(17-6-9-27-13-17)24-7-4-5-8-24/h6,9-11,13,18H,4-5,7-8,12H2,1-3H3,(H,22,25)(H,23,26). The molecule has 1 aliphatic rings. The number of amides is 2. The van der Waals surface area contributed by atoms with Gasteiger partial charge in [0.2, 0.25) is 0 Å². The topological polar surface area (TPSA) is 61.4 Å². The third-order valence-corrected chi connectivity index (χ3v) is 5.79. The van der Waals surface area contributed by atoms with Crippen molar-refractivity contribution in [2.75, 3.05) is 25.0 Å². The molecule has 3 rings (SSSR count). The lowest BCUT2D eigenvalue weighted by Gasteiger charge is -2.27. The van der Waals surface area contributed by atoms with Gasteiger partial charge in [-0.1, -0.05) is 17.7 Å². The number of rotatable bonds is 5. The fraction of sp³-hybridized carbons (Fsp3) is 0.429. The van der Waals surface area contributed by atoms with Gasteiger partial charge in [0.1, 0.15) is 0 Å². The summed E-state index contributed by atoms with van der Waals surface area (Å²) in [7, 11) is 0. The van der Waals surface area contributed by atoms with Crippen LogP contribution in [0.4, 0.5) is 5.69 Å². The average molecular weight is 386 g/mol. The van der Waals surface area contributed by atoms with E-state index in [1.54, 1.807) is 11.3 Å². The molecule has 2 heterocycles. The highest BCUT2D eigenvalue weighted by Gasteiger charge is 2.25.